The predicted octanol–water partition coefficient (Wildman–Crippen LogP) is 2.09. The van der Waals surface area contributed by atoms with Gasteiger partial charge in [0.05, 0.1) is 17.5 Å². The van der Waals surface area contributed by atoms with Crippen molar-refractivity contribution in [3.05, 3.63) is 35.2 Å². The van der Waals surface area contributed by atoms with Gasteiger partial charge in [0.2, 0.25) is 17.6 Å². The van der Waals surface area contributed by atoms with E-state index in [2.05, 4.69) is 15.0 Å². The number of likely N-dealkylation sites (tertiary alicyclic amines) is 1. The summed E-state index contributed by atoms with van der Waals surface area (Å²) in [5.74, 6) is 0.649. The number of nitrogens with two attached hydrogens (primary N) is 1. The van der Waals surface area contributed by atoms with E-state index in [0.717, 1.165) is 24.9 Å². The fourth-order valence-electron chi connectivity index (χ4n) is 2.69. The van der Waals surface area contributed by atoms with Gasteiger partial charge in [-0.3, -0.25) is 9.69 Å². The molecule has 0 aliphatic carbocycles. The van der Waals surface area contributed by atoms with Crippen LogP contribution in [0.2, 0.25) is 5.02 Å². The van der Waals surface area contributed by atoms with Crippen LogP contribution in [0.3, 0.4) is 0 Å². The van der Waals surface area contributed by atoms with Gasteiger partial charge in [0.25, 0.3) is 0 Å². The summed E-state index contributed by atoms with van der Waals surface area (Å²) in [6.45, 7) is 2.05. The SMILES string of the molecule is NC(=O)C1CCCN(Cc2nc(-c3ccccc3Cl)no2)C1. The van der Waals surface area contributed by atoms with Crippen molar-refractivity contribution in [1.29, 1.82) is 0 Å². The molecule has 116 valence electrons. The summed E-state index contributed by atoms with van der Waals surface area (Å²) in [6, 6.07) is 7.36. The zero-order valence-corrected chi connectivity index (χ0v) is 12.8. The molecule has 0 spiro atoms. The van der Waals surface area contributed by atoms with Crippen molar-refractivity contribution in [2.75, 3.05) is 13.1 Å². The van der Waals surface area contributed by atoms with Crippen molar-refractivity contribution < 1.29 is 9.32 Å². The number of carbonyl (C=O) groups is 1. The third-order valence-electron chi connectivity index (χ3n) is 3.85. The van der Waals surface area contributed by atoms with Crippen molar-refractivity contribution in [1.82, 2.24) is 15.0 Å². The molecule has 1 fully saturated rings. The van der Waals surface area contributed by atoms with E-state index in [0.29, 0.717) is 29.8 Å². The van der Waals surface area contributed by atoms with E-state index < -0.39 is 0 Å². The quantitative estimate of drug-likeness (QED) is 0.932. The van der Waals surface area contributed by atoms with E-state index in [1.54, 1.807) is 6.07 Å². The highest BCUT2D eigenvalue weighted by Crippen LogP contribution is 2.25. The van der Waals surface area contributed by atoms with Gasteiger partial charge >= 0.3 is 0 Å². The number of carbonyl (C=O) groups excluding carboxylic acids is 1. The molecule has 1 aromatic carbocycles. The van der Waals surface area contributed by atoms with E-state index >= 15 is 0 Å². The Morgan fingerprint density at radius 1 is 1.45 bits per heavy atom. The molecular weight excluding hydrogens is 304 g/mol. The van der Waals surface area contributed by atoms with Gasteiger partial charge in [-0.15, -0.1) is 0 Å². The molecule has 0 saturated carbocycles. The van der Waals surface area contributed by atoms with E-state index in [1.807, 2.05) is 18.2 Å². The van der Waals surface area contributed by atoms with Gasteiger partial charge in [0.15, 0.2) is 0 Å². The monoisotopic (exact) mass is 320 g/mol. The molecular formula is C15H17ClN4O2. The number of hydrogen-bond donors (Lipinski definition) is 1. The number of nitrogens with zero attached hydrogens (tertiary/aromatic N) is 3. The largest absolute Gasteiger partial charge is 0.369 e. The van der Waals surface area contributed by atoms with Crippen LogP contribution < -0.4 is 5.73 Å². The third kappa shape index (κ3) is 3.28. The lowest BCUT2D eigenvalue weighted by Gasteiger charge is -2.29. The van der Waals surface area contributed by atoms with E-state index in [9.17, 15) is 4.79 Å². The molecule has 3 rings (SSSR count). The maximum absolute atomic E-state index is 11.3. The molecule has 1 amide bonds. The van der Waals surface area contributed by atoms with Crippen molar-refractivity contribution >= 4 is 17.5 Å². The maximum Gasteiger partial charge on any atom is 0.241 e. The Hall–Kier alpha value is -1.92. The average molecular weight is 321 g/mol. The van der Waals surface area contributed by atoms with Crippen LogP contribution in [-0.4, -0.2) is 34.0 Å². The second-order valence-corrected chi connectivity index (χ2v) is 5.88. The van der Waals surface area contributed by atoms with Crippen LogP contribution in [0.4, 0.5) is 0 Å². The number of aromatic nitrogens is 2. The molecule has 2 heterocycles. The summed E-state index contributed by atoms with van der Waals surface area (Å²) in [4.78, 5) is 17.8. The Morgan fingerprint density at radius 2 is 2.27 bits per heavy atom. The molecule has 1 aliphatic rings. The summed E-state index contributed by atoms with van der Waals surface area (Å²) in [5, 5.41) is 4.56. The summed E-state index contributed by atoms with van der Waals surface area (Å²) in [5.41, 5.74) is 6.13. The van der Waals surface area contributed by atoms with Gasteiger partial charge in [0.1, 0.15) is 0 Å². The minimum absolute atomic E-state index is 0.0975. The standard InChI is InChI=1S/C15H17ClN4O2/c16-12-6-2-1-5-11(12)15-18-13(22-19-15)9-20-7-3-4-10(8-20)14(17)21/h1-2,5-6,10H,3-4,7-9H2,(H2,17,21). The van der Waals surface area contributed by atoms with Crippen LogP contribution in [0.15, 0.2) is 28.8 Å². The Kier molecular flexibility index (Phi) is 4.40. The summed E-state index contributed by atoms with van der Waals surface area (Å²) < 4.78 is 5.29. The second kappa shape index (κ2) is 6.46. The molecule has 1 atom stereocenters. The van der Waals surface area contributed by atoms with Crippen LogP contribution in [0.25, 0.3) is 11.4 Å². The Labute approximate surface area is 133 Å². The van der Waals surface area contributed by atoms with Crippen LogP contribution in [0.5, 0.6) is 0 Å². The van der Waals surface area contributed by atoms with Crippen LogP contribution in [0.1, 0.15) is 18.7 Å². The molecule has 22 heavy (non-hydrogen) atoms. The topological polar surface area (TPSA) is 85.3 Å². The highest BCUT2D eigenvalue weighted by molar-refractivity contribution is 6.33. The molecule has 0 bridgehead atoms. The average Bonchev–Trinajstić information content (AvgIpc) is 2.96. The van der Waals surface area contributed by atoms with Crippen molar-refractivity contribution in [2.45, 2.75) is 19.4 Å². The number of hydrogen-bond acceptors (Lipinski definition) is 5. The Balaban J connectivity index is 1.70. The first kappa shape index (κ1) is 15.0. The lowest BCUT2D eigenvalue weighted by molar-refractivity contribution is -0.123. The van der Waals surface area contributed by atoms with Gasteiger partial charge in [-0.25, -0.2) is 0 Å². The minimum Gasteiger partial charge on any atom is -0.369 e. The zero-order valence-electron chi connectivity index (χ0n) is 12.0. The van der Waals surface area contributed by atoms with Crippen molar-refractivity contribution in [3.8, 4) is 11.4 Å². The molecule has 7 heteroatoms. The zero-order chi connectivity index (χ0) is 15.5. The predicted molar refractivity (Wildman–Crippen MR) is 81.9 cm³/mol. The van der Waals surface area contributed by atoms with E-state index in [-0.39, 0.29) is 11.8 Å². The Morgan fingerprint density at radius 3 is 3.05 bits per heavy atom. The number of benzene rings is 1. The molecule has 1 unspecified atom stereocenters. The highest BCUT2D eigenvalue weighted by Gasteiger charge is 2.25. The van der Waals surface area contributed by atoms with Crippen molar-refractivity contribution in [2.24, 2.45) is 11.7 Å². The normalized spacial score (nSPS) is 19.2. The second-order valence-electron chi connectivity index (χ2n) is 5.47. The number of rotatable bonds is 4. The van der Waals surface area contributed by atoms with Gasteiger partial charge in [-0.2, -0.15) is 4.98 Å². The van der Waals surface area contributed by atoms with Gasteiger partial charge in [-0.05, 0) is 31.5 Å². The van der Waals surface area contributed by atoms with Gasteiger partial charge in [0, 0.05) is 12.1 Å². The van der Waals surface area contributed by atoms with E-state index in [4.69, 9.17) is 21.9 Å². The van der Waals surface area contributed by atoms with Gasteiger partial charge in [-0.1, -0.05) is 28.9 Å². The molecule has 1 aliphatic heterocycles. The first-order chi connectivity index (χ1) is 10.6. The van der Waals surface area contributed by atoms with Crippen LogP contribution in [-0.2, 0) is 11.3 Å². The number of halogens is 1. The van der Waals surface area contributed by atoms with Crippen LogP contribution in [0, 0.1) is 5.92 Å². The third-order valence-corrected chi connectivity index (χ3v) is 4.18. The number of amides is 1. The minimum atomic E-state index is -0.244. The maximum atomic E-state index is 11.3. The highest BCUT2D eigenvalue weighted by atomic mass is 35.5. The Bertz CT molecular complexity index is 673. The summed E-state index contributed by atoms with van der Waals surface area (Å²) in [7, 11) is 0. The van der Waals surface area contributed by atoms with Crippen LogP contribution >= 0.6 is 11.6 Å². The first-order valence-electron chi connectivity index (χ1n) is 7.22. The number of primary amides is 1. The first-order valence-corrected chi connectivity index (χ1v) is 7.60. The fourth-order valence-corrected chi connectivity index (χ4v) is 2.91. The molecule has 6 nitrogen and oxygen atoms in total. The van der Waals surface area contributed by atoms with Gasteiger partial charge < -0.3 is 10.3 Å². The number of piperidine rings is 1. The molecule has 0 radical (unpaired) electrons. The summed E-state index contributed by atoms with van der Waals surface area (Å²) >= 11 is 6.13. The molecule has 2 aromatic rings. The smallest absolute Gasteiger partial charge is 0.241 e. The van der Waals surface area contributed by atoms with Crippen molar-refractivity contribution in [3.63, 3.8) is 0 Å². The molecule has 2 N–H and O–H groups in total. The molecule has 1 aromatic heterocycles. The lowest BCUT2D eigenvalue weighted by Crippen LogP contribution is -2.40. The van der Waals surface area contributed by atoms with E-state index in [1.165, 1.54) is 0 Å². The molecule has 1 saturated heterocycles. The fraction of sp³-hybridized carbons (Fsp3) is 0.400. The summed E-state index contributed by atoms with van der Waals surface area (Å²) in [6.07, 6.45) is 1.79. The lowest BCUT2D eigenvalue weighted by atomic mass is 9.97.